The summed E-state index contributed by atoms with van der Waals surface area (Å²) in [5, 5.41) is 0. The van der Waals surface area contributed by atoms with Crippen molar-refractivity contribution in [2.75, 3.05) is 24.5 Å². The minimum atomic E-state index is 0.693. The molecule has 1 saturated heterocycles. The van der Waals surface area contributed by atoms with Crippen LogP contribution in [0.1, 0.15) is 43.6 Å². The summed E-state index contributed by atoms with van der Waals surface area (Å²) in [6.07, 6.45) is 9.10. The molecule has 21 heavy (non-hydrogen) atoms. The van der Waals surface area contributed by atoms with Crippen LogP contribution < -0.4 is 4.90 Å². The third kappa shape index (κ3) is 2.20. The molecule has 0 amide bonds. The predicted octanol–water partition coefficient (Wildman–Crippen LogP) is 3.79. The Labute approximate surface area is 128 Å². The summed E-state index contributed by atoms with van der Waals surface area (Å²) in [6, 6.07) is 10.6. The number of rotatable bonds is 3. The van der Waals surface area contributed by atoms with Crippen molar-refractivity contribution in [3.8, 4) is 0 Å². The first-order valence-corrected chi connectivity index (χ1v) is 8.59. The summed E-state index contributed by atoms with van der Waals surface area (Å²) >= 11 is 0. The maximum Gasteiger partial charge on any atom is 0.0408 e. The first-order chi connectivity index (χ1) is 10.4. The van der Waals surface area contributed by atoms with E-state index in [-0.39, 0.29) is 0 Å². The quantitative estimate of drug-likeness (QED) is 0.778. The smallest absolute Gasteiger partial charge is 0.0408 e. The van der Waals surface area contributed by atoms with E-state index in [0.717, 1.165) is 12.6 Å². The molecule has 2 fully saturated rings. The third-order valence-electron chi connectivity index (χ3n) is 5.82. The fraction of sp³-hybridized carbons (Fsp3) is 0.579. The molecule has 1 aromatic carbocycles. The first kappa shape index (κ1) is 13.4. The highest BCUT2D eigenvalue weighted by Crippen LogP contribution is 2.45. The van der Waals surface area contributed by atoms with E-state index in [1.54, 1.807) is 5.56 Å². The molecule has 0 N–H and O–H groups in total. The topological polar surface area (TPSA) is 6.48 Å². The van der Waals surface area contributed by atoms with Crippen LogP contribution in [-0.2, 0) is 0 Å². The maximum atomic E-state index is 3.96. The van der Waals surface area contributed by atoms with Gasteiger partial charge in [0.2, 0.25) is 0 Å². The molecule has 2 heteroatoms. The molecule has 1 aromatic rings. The van der Waals surface area contributed by atoms with Crippen molar-refractivity contribution in [1.29, 1.82) is 0 Å². The Morgan fingerprint density at radius 3 is 2.76 bits per heavy atom. The van der Waals surface area contributed by atoms with E-state index in [2.05, 4.69) is 46.7 Å². The van der Waals surface area contributed by atoms with Crippen LogP contribution in [0.2, 0.25) is 0 Å². The van der Waals surface area contributed by atoms with Gasteiger partial charge in [0.1, 0.15) is 0 Å². The van der Waals surface area contributed by atoms with Crippen LogP contribution in [0.4, 0.5) is 5.69 Å². The van der Waals surface area contributed by atoms with Gasteiger partial charge >= 0.3 is 0 Å². The van der Waals surface area contributed by atoms with Gasteiger partial charge in [0, 0.05) is 43.3 Å². The Balaban J connectivity index is 1.60. The second-order valence-corrected chi connectivity index (χ2v) is 6.90. The minimum absolute atomic E-state index is 0.693. The maximum absolute atomic E-state index is 3.96. The molecule has 2 atom stereocenters. The van der Waals surface area contributed by atoms with Gasteiger partial charge in [-0.15, -0.1) is 6.58 Å². The van der Waals surface area contributed by atoms with Crippen LogP contribution in [0.3, 0.4) is 0 Å². The van der Waals surface area contributed by atoms with Gasteiger partial charge in [0.25, 0.3) is 0 Å². The van der Waals surface area contributed by atoms with E-state index in [1.807, 2.05) is 0 Å². The Kier molecular flexibility index (Phi) is 3.50. The van der Waals surface area contributed by atoms with Gasteiger partial charge in [-0.25, -0.2) is 0 Å². The molecule has 2 nitrogen and oxygen atoms in total. The zero-order valence-corrected chi connectivity index (χ0v) is 12.9. The number of hydrogen-bond acceptors (Lipinski definition) is 2. The Morgan fingerprint density at radius 2 is 1.95 bits per heavy atom. The van der Waals surface area contributed by atoms with Gasteiger partial charge < -0.3 is 4.90 Å². The van der Waals surface area contributed by atoms with Gasteiger partial charge in [0.05, 0.1) is 0 Å². The lowest BCUT2D eigenvalue weighted by Gasteiger charge is -2.41. The summed E-state index contributed by atoms with van der Waals surface area (Å²) in [7, 11) is 0. The molecule has 1 aliphatic carbocycles. The number of likely N-dealkylation sites (tertiary alicyclic amines) is 1. The van der Waals surface area contributed by atoms with Crippen molar-refractivity contribution in [3.63, 3.8) is 0 Å². The molecule has 0 radical (unpaired) electrons. The van der Waals surface area contributed by atoms with Crippen molar-refractivity contribution in [3.05, 3.63) is 42.5 Å². The van der Waals surface area contributed by atoms with Gasteiger partial charge in [0.15, 0.2) is 0 Å². The molecule has 0 aromatic heterocycles. The molecule has 4 rings (SSSR count). The lowest BCUT2D eigenvalue weighted by molar-refractivity contribution is 0.141. The van der Waals surface area contributed by atoms with Crippen molar-refractivity contribution >= 4 is 5.69 Å². The second-order valence-electron chi connectivity index (χ2n) is 6.90. The summed E-state index contributed by atoms with van der Waals surface area (Å²) in [5.74, 6) is 0.704. The lowest BCUT2D eigenvalue weighted by Crippen LogP contribution is -2.49. The number of hydrogen-bond donors (Lipinski definition) is 0. The molecule has 2 unspecified atom stereocenters. The monoisotopic (exact) mass is 282 g/mol. The average Bonchev–Trinajstić information content (AvgIpc) is 3.15. The SMILES string of the molecule is C=CCN1c2ccccc2C2CN(C3CCCC3)CCC21. The van der Waals surface area contributed by atoms with E-state index in [4.69, 9.17) is 0 Å². The average molecular weight is 282 g/mol. The number of para-hydroxylation sites is 1. The van der Waals surface area contributed by atoms with Crippen molar-refractivity contribution < 1.29 is 0 Å². The van der Waals surface area contributed by atoms with E-state index in [0.29, 0.717) is 12.0 Å². The number of piperidine rings is 1. The largest absolute Gasteiger partial charge is 0.364 e. The normalized spacial score (nSPS) is 29.4. The van der Waals surface area contributed by atoms with E-state index in [9.17, 15) is 0 Å². The summed E-state index contributed by atoms with van der Waals surface area (Å²) < 4.78 is 0. The number of nitrogens with zero attached hydrogens (tertiary/aromatic N) is 2. The summed E-state index contributed by atoms with van der Waals surface area (Å²) in [6.45, 7) is 7.50. The van der Waals surface area contributed by atoms with Crippen LogP contribution in [0.5, 0.6) is 0 Å². The third-order valence-corrected chi connectivity index (χ3v) is 5.82. The Hall–Kier alpha value is -1.28. The number of fused-ring (bicyclic) bond motifs is 3. The highest BCUT2D eigenvalue weighted by Gasteiger charge is 2.42. The van der Waals surface area contributed by atoms with Crippen molar-refractivity contribution in [2.45, 2.75) is 50.1 Å². The van der Waals surface area contributed by atoms with Gasteiger partial charge in [-0.1, -0.05) is 37.1 Å². The molecule has 112 valence electrons. The highest BCUT2D eigenvalue weighted by atomic mass is 15.2. The predicted molar refractivity (Wildman–Crippen MR) is 89.0 cm³/mol. The standard InChI is InChI=1S/C19H26N2/c1-2-12-21-18-10-6-5-9-16(18)17-14-20(13-11-19(17)21)15-7-3-4-8-15/h2,5-6,9-10,15,17,19H,1,3-4,7-8,11-14H2. The highest BCUT2D eigenvalue weighted by molar-refractivity contribution is 5.62. The zero-order chi connectivity index (χ0) is 14.2. The van der Waals surface area contributed by atoms with Crippen LogP contribution in [-0.4, -0.2) is 36.6 Å². The lowest BCUT2D eigenvalue weighted by atomic mass is 9.88. The Morgan fingerprint density at radius 1 is 1.14 bits per heavy atom. The van der Waals surface area contributed by atoms with Gasteiger partial charge in [-0.3, -0.25) is 4.90 Å². The molecule has 0 spiro atoms. The molecule has 2 aliphatic heterocycles. The molecular formula is C19H26N2. The molecular weight excluding hydrogens is 256 g/mol. The van der Waals surface area contributed by atoms with Crippen LogP contribution in [0, 0.1) is 0 Å². The zero-order valence-electron chi connectivity index (χ0n) is 12.9. The molecule has 2 heterocycles. The van der Waals surface area contributed by atoms with Crippen molar-refractivity contribution in [2.24, 2.45) is 0 Å². The van der Waals surface area contributed by atoms with Crippen LogP contribution >= 0.6 is 0 Å². The molecule has 3 aliphatic rings. The fourth-order valence-corrected chi connectivity index (χ4v) is 4.86. The number of anilines is 1. The van der Waals surface area contributed by atoms with Crippen LogP contribution in [0.15, 0.2) is 36.9 Å². The number of benzene rings is 1. The van der Waals surface area contributed by atoms with Crippen molar-refractivity contribution in [1.82, 2.24) is 4.90 Å². The molecule has 0 bridgehead atoms. The van der Waals surface area contributed by atoms with Crippen LogP contribution in [0.25, 0.3) is 0 Å². The fourth-order valence-electron chi connectivity index (χ4n) is 4.86. The minimum Gasteiger partial charge on any atom is -0.364 e. The van der Waals surface area contributed by atoms with Gasteiger partial charge in [-0.05, 0) is 30.9 Å². The van der Waals surface area contributed by atoms with Gasteiger partial charge in [-0.2, -0.15) is 0 Å². The van der Waals surface area contributed by atoms with E-state index >= 15 is 0 Å². The second kappa shape index (κ2) is 5.49. The molecule has 1 saturated carbocycles. The van der Waals surface area contributed by atoms with E-state index in [1.165, 1.54) is 50.9 Å². The summed E-state index contributed by atoms with van der Waals surface area (Å²) in [5.41, 5.74) is 3.03. The summed E-state index contributed by atoms with van der Waals surface area (Å²) in [4.78, 5) is 5.39. The Bertz CT molecular complexity index is 518. The first-order valence-electron chi connectivity index (χ1n) is 8.59. The van der Waals surface area contributed by atoms with E-state index < -0.39 is 0 Å².